The Balaban J connectivity index is 3.94. The molecule has 1 N–H and O–H groups in total. The summed E-state index contributed by atoms with van der Waals surface area (Å²) < 4.78 is 42.8. The summed E-state index contributed by atoms with van der Waals surface area (Å²) in [5, 5.41) is -1.39. The second-order valence-electron chi connectivity index (χ2n) is 8.79. The van der Waals surface area contributed by atoms with Crippen molar-refractivity contribution in [1.82, 2.24) is 9.80 Å². The van der Waals surface area contributed by atoms with Gasteiger partial charge in [-0.2, -0.15) is 8.42 Å². The fraction of sp³-hybridized carbons (Fsp3) is 0.870. The molecule has 0 heterocycles. The molecule has 1 atom stereocenters. The first-order valence-corrected chi connectivity index (χ1v) is 16.3. The number of Topliss-reactive ketones (excluding diaryl/α,β-unsaturated/α-hetero) is 1. The van der Waals surface area contributed by atoms with Gasteiger partial charge in [0.15, 0.2) is 5.78 Å². The fourth-order valence-corrected chi connectivity index (χ4v) is 5.97. The van der Waals surface area contributed by atoms with Crippen LogP contribution in [-0.2, 0) is 34.0 Å². The third-order valence-electron chi connectivity index (χ3n) is 5.31. The van der Waals surface area contributed by atoms with E-state index in [0.717, 1.165) is 6.42 Å². The van der Waals surface area contributed by atoms with E-state index in [4.69, 9.17) is 9.47 Å². The van der Waals surface area contributed by atoms with Crippen LogP contribution >= 0.6 is 21.6 Å². The fourth-order valence-electron chi connectivity index (χ4n) is 2.84. The van der Waals surface area contributed by atoms with Gasteiger partial charge in [0.1, 0.15) is 5.25 Å². The van der Waals surface area contributed by atoms with Crippen LogP contribution in [0.1, 0.15) is 52.9 Å². The monoisotopic (exact) mass is 572 g/mol. The van der Waals surface area contributed by atoms with E-state index in [2.05, 4.69) is 13.8 Å². The second kappa shape index (κ2) is 20.1. The first-order valence-electron chi connectivity index (χ1n) is 12.3. The second-order valence-corrected chi connectivity index (χ2v) is 13.1. The zero-order valence-corrected chi connectivity index (χ0v) is 24.7. The van der Waals surface area contributed by atoms with Gasteiger partial charge in [0.05, 0.1) is 26.2 Å². The van der Waals surface area contributed by atoms with Gasteiger partial charge in [-0.05, 0) is 18.8 Å². The highest BCUT2D eigenvalue weighted by atomic mass is 33.1. The smallest absolute Gasteiger partial charge is 0.275 e. The minimum atomic E-state index is -4.40. The van der Waals surface area contributed by atoms with Crippen molar-refractivity contribution in [3.05, 3.63) is 0 Å². The lowest BCUT2D eigenvalue weighted by atomic mass is 10.1. The molecule has 0 bridgehead atoms. The van der Waals surface area contributed by atoms with Crippen LogP contribution in [0.2, 0.25) is 0 Å². The van der Waals surface area contributed by atoms with Crippen molar-refractivity contribution < 1.29 is 36.8 Å². The maximum atomic E-state index is 12.3. The lowest BCUT2D eigenvalue weighted by molar-refractivity contribution is -0.134. The topological polar surface area (TPSA) is 131 Å². The molecular formula is C23H44N2O8S3. The van der Waals surface area contributed by atoms with Gasteiger partial charge >= 0.3 is 0 Å². The summed E-state index contributed by atoms with van der Waals surface area (Å²) in [5.41, 5.74) is 0. The molecule has 0 saturated heterocycles. The van der Waals surface area contributed by atoms with E-state index < -0.39 is 21.2 Å². The number of carbonyl (C=O) groups excluding carboxylic acids is 3. The molecule has 0 aliphatic carbocycles. The van der Waals surface area contributed by atoms with Crippen molar-refractivity contribution >= 4 is 49.3 Å². The molecule has 0 spiro atoms. The van der Waals surface area contributed by atoms with Crippen LogP contribution in [0.15, 0.2) is 0 Å². The molecule has 0 aromatic carbocycles. The number of ketones is 1. The molecule has 0 aromatic rings. The Hall–Kier alpha value is -0.860. The van der Waals surface area contributed by atoms with Crippen LogP contribution in [-0.4, -0.2) is 111 Å². The third kappa shape index (κ3) is 17.6. The van der Waals surface area contributed by atoms with Gasteiger partial charge in [-0.1, -0.05) is 42.4 Å². The van der Waals surface area contributed by atoms with Gasteiger partial charge in [0, 0.05) is 58.1 Å². The van der Waals surface area contributed by atoms with Crippen molar-refractivity contribution in [2.24, 2.45) is 5.92 Å². The Kier molecular flexibility index (Phi) is 19.7. The molecule has 0 aliphatic heterocycles. The molecule has 1 unspecified atom stereocenters. The summed E-state index contributed by atoms with van der Waals surface area (Å²) in [6.45, 7) is 8.70. The minimum Gasteiger partial charge on any atom is -0.379 e. The highest BCUT2D eigenvalue weighted by molar-refractivity contribution is 8.76. The number of ether oxygens (including phenoxy) is 2. The number of nitrogens with zero attached hydrogens (tertiary/aromatic N) is 2. The average Bonchev–Trinajstić information content (AvgIpc) is 2.81. The molecule has 0 aliphatic rings. The molecule has 13 heteroatoms. The highest BCUT2D eigenvalue weighted by Crippen LogP contribution is 2.25. The normalized spacial score (nSPS) is 12.5. The Labute approximate surface area is 224 Å². The summed E-state index contributed by atoms with van der Waals surface area (Å²) in [5.74, 6) is 0.899. The summed E-state index contributed by atoms with van der Waals surface area (Å²) in [7, 11) is 1.76. The number of rotatable bonds is 22. The molecule has 212 valence electrons. The third-order valence-corrected chi connectivity index (χ3v) is 8.96. The Morgan fingerprint density at radius 3 is 1.89 bits per heavy atom. The number of carbonyl (C=O) groups is 3. The number of amides is 2. The van der Waals surface area contributed by atoms with Crippen LogP contribution in [0, 0.1) is 5.92 Å². The van der Waals surface area contributed by atoms with Crippen molar-refractivity contribution in [3.63, 3.8) is 0 Å². The van der Waals surface area contributed by atoms with Crippen LogP contribution < -0.4 is 0 Å². The zero-order valence-electron chi connectivity index (χ0n) is 22.3. The molecule has 0 fully saturated rings. The van der Waals surface area contributed by atoms with Crippen molar-refractivity contribution in [1.29, 1.82) is 0 Å². The van der Waals surface area contributed by atoms with E-state index >= 15 is 0 Å². The summed E-state index contributed by atoms with van der Waals surface area (Å²) in [6, 6.07) is 0. The Bertz CT molecular complexity index is 750. The Morgan fingerprint density at radius 1 is 0.833 bits per heavy atom. The van der Waals surface area contributed by atoms with Gasteiger partial charge in [-0.25, -0.2) is 0 Å². The first-order chi connectivity index (χ1) is 16.9. The maximum Gasteiger partial charge on any atom is 0.275 e. The molecule has 0 rings (SSSR count). The van der Waals surface area contributed by atoms with Gasteiger partial charge < -0.3 is 19.3 Å². The molecule has 0 saturated carbocycles. The summed E-state index contributed by atoms with van der Waals surface area (Å²) in [6.07, 6.45) is 1.67. The van der Waals surface area contributed by atoms with E-state index in [0.29, 0.717) is 63.4 Å². The summed E-state index contributed by atoms with van der Waals surface area (Å²) >= 11 is 0. The van der Waals surface area contributed by atoms with Crippen LogP contribution in [0.3, 0.4) is 0 Å². The van der Waals surface area contributed by atoms with Crippen molar-refractivity contribution in [3.8, 4) is 0 Å². The lowest BCUT2D eigenvalue weighted by Crippen LogP contribution is -2.37. The van der Waals surface area contributed by atoms with Gasteiger partial charge in [-0.15, -0.1) is 0 Å². The molecule has 2 amide bonds. The van der Waals surface area contributed by atoms with E-state index in [9.17, 15) is 27.4 Å². The lowest BCUT2D eigenvalue weighted by Gasteiger charge is -2.22. The molecule has 0 radical (unpaired) electrons. The van der Waals surface area contributed by atoms with E-state index in [1.165, 1.54) is 21.6 Å². The number of hydrogen-bond acceptors (Lipinski definition) is 9. The van der Waals surface area contributed by atoms with E-state index in [1.807, 2.05) is 0 Å². The molecule has 0 aromatic heterocycles. The van der Waals surface area contributed by atoms with Gasteiger partial charge in [0.25, 0.3) is 10.1 Å². The predicted molar refractivity (Wildman–Crippen MR) is 146 cm³/mol. The SMILES string of the molecule is CCC(=O)C(CCSSCCC(=O)N(C)CCN(C)C(=O)CCOCCOCCC(C)C)S(=O)(=O)O. The summed E-state index contributed by atoms with van der Waals surface area (Å²) in [4.78, 5) is 39.3. The van der Waals surface area contributed by atoms with Gasteiger partial charge in [0.2, 0.25) is 11.8 Å². The van der Waals surface area contributed by atoms with Crippen molar-refractivity contribution in [2.45, 2.75) is 58.1 Å². The zero-order chi connectivity index (χ0) is 27.6. The van der Waals surface area contributed by atoms with Crippen LogP contribution in [0.5, 0.6) is 0 Å². The van der Waals surface area contributed by atoms with Crippen LogP contribution in [0.25, 0.3) is 0 Å². The average molecular weight is 573 g/mol. The standard InChI is InChI=1S/C23H44N2O8S3/c1-6-20(26)21(36(29,30)31)9-17-34-35-18-10-23(28)25(5)12-11-24(4)22(27)8-14-33-16-15-32-13-7-19(2)3/h19,21H,6-18H2,1-5H3,(H,29,30,31). The van der Waals surface area contributed by atoms with E-state index in [-0.39, 0.29) is 31.1 Å². The molecule has 10 nitrogen and oxygen atoms in total. The number of hydrogen-bond donors (Lipinski definition) is 1. The van der Waals surface area contributed by atoms with Crippen LogP contribution in [0.4, 0.5) is 0 Å². The predicted octanol–water partition coefficient (Wildman–Crippen LogP) is 2.77. The quantitative estimate of drug-likeness (QED) is 0.117. The van der Waals surface area contributed by atoms with E-state index in [1.54, 1.807) is 30.8 Å². The highest BCUT2D eigenvalue weighted by Gasteiger charge is 2.29. The minimum absolute atomic E-state index is 0.0362. The molecule has 36 heavy (non-hydrogen) atoms. The van der Waals surface area contributed by atoms with Crippen molar-refractivity contribution in [2.75, 3.05) is 65.1 Å². The maximum absolute atomic E-state index is 12.3. The number of likely N-dealkylation sites (N-methyl/N-ethyl adjacent to an activating group) is 2. The largest absolute Gasteiger partial charge is 0.379 e. The first kappa shape index (κ1) is 35.1. The molecular weight excluding hydrogens is 528 g/mol. The van der Waals surface area contributed by atoms with Gasteiger partial charge in [-0.3, -0.25) is 18.9 Å². The Morgan fingerprint density at radius 2 is 1.36 bits per heavy atom.